The molecule has 0 saturated carbocycles. The molecule has 2 rings (SSSR count). The first-order chi connectivity index (χ1) is 9.76. The van der Waals surface area contributed by atoms with Gasteiger partial charge in [0.15, 0.2) is 5.82 Å². The van der Waals surface area contributed by atoms with Crippen molar-refractivity contribution in [1.82, 2.24) is 14.8 Å². The molecule has 0 atom stereocenters. The molecule has 0 spiro atoms. The van der Waals surface area contributed by atoms with E-state index in [2.05, 4.69) is 47.9 Å². The van der Waals surface area contributed by atoms with Gasteiger partial charge in [-0.1, -0.05) is 37.8 Å². The van der Waals surface area contributed by atoms with Gasteiger partial charge < -0.3 is 5.73 Å². The fourth-order valence-corrected chi connectivity index (χ4v) is 1.98. The van der Waals surface area contributed by atoms with Crippen LogP contribution in [0, 0.1) is 11.8 Å². The van der Waals surface area contributed by atoms with E-state index in [1.807, 2.05) is 16.8 Å². The minimum Gasteiger partial charge on any atom is -0.320 e. The molecule has 0 saturated heterocycles. The third-order valence-electron chi connectivity index (χ3n) is 3.05. The normalized spacial score (nSPS) is 10.2. The molecule has 0 aliphatic heterocycles. The molecular formula is C16H20N4. The maximum atomic E-state index is 5.36. The highest BCUT2D eigenvalue weighted by molar-refractivity contribution is 5.36. The van der Waals surface area contributed by atoms with Gasteiger partial charge >= 0.3 is 0 Å². The van der Waals surface area contributed by atoms with Crippen molar-refractivity contribution in [3.63, 3.8) is 0 Å². The first-order valence-electron chi connectivity index (χ1n) is 6.97. The Balaban J connectivity index is 2.15. The van der Waals surface area contributed by atoms with Gasteiger partial charge in [-0.3, -0.25) is 0 Å². The molecule has 20 heavy (non-hydrogen) atoms. The molecule has 0 aliphatic rings. The summed E-state index contributed by atoms with van der Waals surface area (Å²) in [6.07, 6.45) is 1.76. The van der Waals surface area contributed by atoms with Crippen molar-refractivity contribution in [1.29, 1.82) is 0 Å². The molecule has 4 heteroatoms. The zero-order chi connectivity index (χ0) is 14.4. The summed E-state index contributed by atoms with van der Waals surface area (Å²) in [5.74, 6) is 7.82. The maximum Gasteiger partial charge on any atom is 0.150 e. The summed E-state index contributed by atoms with van der Waals surface area (Å²) >= 11 is 0. The van der Waals surface area contributed by atoms with E-state index >= 15 is 0 Å². The Hall–Kier alpha value is -2.12. The second kappa shape index (κ2) is 6.88. The monoisotopic (exact) mass is 268 g/mol. The van der Waals surface area contributed by atoms with E-state index in [4.69, 9.17) is 5.73 Å². The average Bonchev–Trinajstić information content (AvgIpc) is 2.88. The van der Waals surface area contributed by atoms with Crippen molar-refractivity contribution in [3.05, 3.63) is 47.0 Å². The van der Waals surface area contributed by atoms with Gasteiger partial charge in [0.25, 0.3) is 0 Å². The quantitative estimate of drug-likeness (QED) is 0.860. The van der Waals surface area contributed by atoms with Crippen LogP contribution in [0.1, 0.15) is 36.6 Å². The van der Waals surface area contributed by atoms with Crippen LogP contribution >= 0.6 is 0 Å². The van der Waals surface area contributed by atoms with Gasteiger partial charge in [0.1, 0.15) is 5.82 Å². The van der Waals surface area contributed by atoms with Crippen LogP contribution in [-0.4, -0.2) is 21.3 Å². The number of rotatable bonds is 4. The Bertz CT molecular complexity index is 614. The Kier molecular flexibility index (Phi) is 4.91. The predicted molar refractivity (Wildman–Crippen MR) is 80.3 cm³/mol. The third kappa shape index (κ3) is 3.46. The number of hydrogen-bond acceptors (Lipinski definition) is 3. The van der Waals surface area contributed by atoms with Gasteiger partial charge in [0.05, 0.1) is 13.1 Å². The lowest BCUT2D eigenvalue weighted by Crippen LogP contribution is -2.06. The summed E-state index contributed by atoms with van der Waals surface area (Å²) in [5, 5.41) is 4.53. The zero-order valence-electron chi connectivity index (χ0n) is 12.1. The molecule has 1 aromatic carbocycles. The van der Waals surface area contributed by atoms with Crippen molar-refractivity contribution in [2.45, 2.75) is 33.2 Å². The second-order valence-corrected chi connectivity index (χ2v) is 4.51. The Morgan fingerprint density at radius 2 is 1.90 bits per heavy atom. The van der Waals surface area contributed by atoms with Crippen molar-refractivity contribution >= 4 is 0 Å². The van der Waals surface area contributed by atoms with Crippen LogP contribution in [-0.2, 0) is 19.4 Å². The molecule has 0 fully saturated rings. The lowest BCUT2D eigenvalue weighted by Gasteiger charge is -2.04. The molecule has 2 N–H and O–H groups in total. The molecule has 0 unspecified atom stereocenters. The number of nitrogens with zero attached hydrogens (tertiary/aromatic N) is 3. The minimum absolute atomic E-state index is 0.389. The number of nitrogens with two attached hydrogens (primary N) is 1. The van der Waals surface area contributed by atoms with Crippen molar-refractivity contribution in [2.75, 3.05) is 6.54 Å². The predicted octanol–water partition coefficient (Wildman–Crippen LogP) is 1.76. The molecule has 0 aliphatic carbocycles. The topological polar surface area (TPSA) is 56.7 Å². The van der Waals surface area contributed by atoms with Crippen LogP contribution in [0.15, 0.2) is 24.3 Å². The third-order valence-corrected chi connectivity index (χ3v) is 3.05. The van der Waals surface area contributed by atoms with Gasteiger partial charge in [-0.15, -0.1) is 0 Å². The lowest BCUT2D eigenvalue weighted by molar-refractivity contribution is 0.637. The fourth-order valence-electron chi connectivity index (χ4n) is 1.98. The molecule has 1 heterocycles. The molecule has 104 valence electrons. The molecule has 0 radical (unpaired) electrons. The fraction of sp³-hybridized carbons (Fsp3) is 0.375. The smallest absolute Gasteiger partial charge is 0.150 e. The van der Waals surface area contributed by atoms with Crippen LogP contribution in [0.5, 0.6) is 0 Å². The second-order valence-electron chi connectivity index (χ2n) is 4.51. The molecular weight excluding hydrogens is 248 g/mol. The summed E-state index contributed by atoms with van der Waals surface area (Å²) in [5.41, 5.74) is 7.55. The van der Waals surface area contributed by atoms with Crippen LogP contribution in [0.2, 0.25) is 0 Å². The van der Waals surface area contributed by atoms with Crippen LogP contribution < -0.4 is 5.73 Å². The number of hydrogen-bond donors (Lipinski definition) is 1. The van der Waals surface area contributed by atoms with Crippen molar-refractivity contribution in [3.8, 4) is 11.8 Å². The molecule has 0 bridgehead atoms. The average molecular weight is 268 g/mol. The Morgan fingerprint density at radius 1 is 1.15 bits per heavy atom. The summed E-state index contributed by atoms with van der Waals surface area (Å²) in [4.78, 5) is 4.52. The number of aromatic nitrogens is 3. The summed E-state index contributed by atoms with van der Waals surface area (Å²) < 4.78 is 1.99. The van der Waals surface area contributed by atoms with Gasteiger partial charge in [-0.2, -0.15) is 5.10 Å². The Labute approximate surface area is 120 Å². The highest BCUT2D eigenvalue weighted by Crippen LogP contribution is 2.08. The molecule has 4 nitrogen and oxygen atoms in total. The minimum atomic E-state index is 0.389. The number of aryl methyl sites for hydroxylation is 2. The zero-order valence-corrected chi connectivity index (χ0v) is 12.1. The van der Waals surface area contributed by atoms with E-state index in [1.54, 1.807) is 0 Å². The van der Waals surface area contributed by atoms with Crippen LogP contribution in [0.25, 0.3) is 0 Å². The van der Waals surface area contributed by atoms with Gasteiger partial charge in [0, 0.05) is 18.4 Å². The lowest BCUT2D eigenvalue weighted by atomic mass is 10.1. The van der Waals surface area contributed by atoms with Gasteiger partial charge in [-0.05, 0) is 17.7 Å². The Morgan fingerprint density at radius 3 is 2.50 bits per heavy atom. The van der Waals surface area contributed by atoms with E-state index in [0.717, 1.165) is 36.6 Å². The standard InChI is InChI=1S/C16H20N4/c1-3-15-18-16(4-2)20(19-15)12-14-9-7-13(8-10-14)6-5-11-17/h7-10H,3-4,11-12,17H2,1-2H3. The van der Waals surface area contributed by atoms with E-state index in [-0.39, 0.29) is 0 Å². The SMILES string of the molecule is CCc1nc(CC)n(Cc2ccc(C#CCN)cc2)n1. The maximum absolute atomic E-state index is 5.36. The van der Waals surface area contributed by atoms with Crippen LogP contribution in [0.4, 0.5) is 0 Å². The van der Waals surface area contributed by atoms with E-state index < -0.39 is 0 Å². The number of benzene rings is 1. The van der Waals surface area contributed by atoms with E-state index in [9.17, 15) is 0 Å². The first kappa shape index (κ1) is 14.3. The molecule has 0 amide bonds. The molecule has 2 aromatic rings. The summed E-state index contributed by atoms with van der Waals surface area (Å²) in [6.45, 7) is 5.32. The summed E-state index contributed by atoms with van der Waals surface area (Å²) in [6, 6.07) is 8.18. The van der Waals surface area contributed by atoms with Gasteiger partial charge in [-0.25, -0.2) is 9.67 Å². The summed E-state index contributed by atoms with van der Waals surface area (Å²) in [7, 11) is 0. The highest BCUT2D eigenvalue weighted by atomic mass is 15.3. The first-order valence-corrected chi connectivity index (χ1v) is 6.97. The van der Waals surface area contributed by atoms with E-state index in [0.29, 0.717) is 6.54 Å². The van der Waals surface area contributed by atoms with Crippen molar-refractivity contribution < 1.29 is 0 Å². The largest absolute Gasteiger partial charge is 0.320 e. The highest BCUT2D eigenvalue weighted by Gasteiger charge is 2.07. The van der Waals surface area contributed by atoms with Crippen molar-refractivity contribution in [2.24, 2.45) is 5.73 Å². The molecule has 1 aromatic heterocycles. The van der Waals surface area contributed by atoms with Gasteiger partial charge in [0.2, 0.25) is 0 Å². The van der Waals surface area contributed by atoms with E-state index in [1.165, 1.54) is 5.56 Å². The van der Waals surface area contributed by atoms with Crippen LogP contribution in [0.3, 0.4) is 0 Å².